The van der Waals surface area contributed by atoms with Gasteiger partial charge < -0.3 is 9.47 Å². The van der Waals surface area contributed by atoms with E-state index in [9.17, 15) is 4.79 Å². The van der Waals surface area contributed by atoms with Gasteiger partial charge in [-0.3, -0.25) is 4.79 Å². The molecule has 1 aliphatic rings. The van der Waals surface area contributed by atoms with E-state index in [0.717, 1.165) is 33.4 Å². The Morgan fingerprint density at radius 3 is 2.37 bits per heavy atom. The number of benzene rings is 3. The van der Waals surface area contributed by atoms with Crippen LogP contribution in [-0.2, 0) is 17.9 Å². The maximum absolute atomic E-state index is 12.8. The highest BCUT2D eigenvalue weighted by Crippen LogP contribution is 2.32. The summed E-state index contributed by atoms with van der Waals surface area (Å²) in [6.07, 6.45) is 0.510. The summed E-state index contributed by atoms with van der Waals surface area (Å²) in [6, 6.07) is 26.8. The molecule has 1 aliphatic heterocycles. The number of halogens is 1. The van der Waals surface area contributed by atoms with Crippen LogP contribution in [0.15, 0.2) is 83.3 Å². The van der Waals surface area contributed by atoms with Crippen molar-refractivity contribution >= 4 is 32.9 Å². The van der Waals surface area contributed by atoms with Crippen molar-refractivity contribution in [2.24, 2.45) is 0 Å². The van der Waals surface area contributed by atoms with Crippen molar-refractivity contribution in [3.63, 3.8) is 0 Å². The van der Waals surface area contributed by atoms with Gasteiger partial charge in [0.15, 0.2) is 0 Å². The van der Waals surface area contributed by atoms with Crippen LogP contribution in [0.25, 0.3) is 11.0 Å². The molecule has 0 unspecified atom stereocenters. The summed E-state index contributed by atoms with van der Waals surface area (Å²) >= 11 is 3.51. The van der Waals surface area contributed by atoms with Gasteiger partial charge in [0.25, 0.3) is 0 Å². The number of para-hydroxylation sites is 2. The molecule has 4 nitrogen and oxygen atoms in total. The van der Waals surface area contributed by atoms with Gasteiger partial charge in [0.05, 0.1) is 11.0 Å². The zero-order chi connectivity index (χ0) is 20.5. The van der Waals surface area contributed by atoms with E-state index in [0.29, 0.717) is 19.5 Å². The SMILES string of the molecule is O=C1C[C@H](c2nc3ccccc3n2Cc2ccc(Br)cc2)CN1Cc1ccccc1. The fourth-order valence-electron chi connectivity index (χ4n) is 4.25. The third kappa shape index (κ3) is 3.77. The van der Waals surface area contributed by atoms with Crippen LogP contribution in [0.2, 0.25) is 0 Å². The lowest BCUT2D eigenvalue weighted by atomic mass is 10.1. The molecule has 1 saturated heterocycles. The molecule has 0 bridgehead atoms. The van der Waals surface area contributed by atoms with Gasteiger partial charge in [-0.05, 0) is 35.4 Å². The Kier molecular flexibility index (Phi) is 5.13. The van der Waals surface area contributed by atoms with Crippen LogP contribution in [-0.4, -0.2) is 26.9 Å². The van der Waals surface area contributed by atoms with Gasteiger partial charge in [-0.25, -0.2) is 4.98 Å². The minimum absolute atomic E-state index is 0.101. The first-order valence-corrected chi connectivity index (χ1v) is 11.0. The van der Waals surface area contributed by atoms with Gasteiger partial charge in [0.2, 0.25) is 5.91 Å². The van der Waals surface area contributed by atoms with Crippen molar-refractivity contribution in [2.45, 2.75) is 25.4 Å². The van der Waals surface area contributed by atoms with Crippen molar-refractivity contribution in [3.05, 3.63) is 100 Å². The molecule has 0 saturated carbocycles. The number of aromatic nitrogens is 2. The lowest BCUT2D eigenvalue weighted by molar-refractivity contribution is -0.128. The first-order valence-electron chi connectivity index (χ1n) is 10.2. The number of imidazole rings is 1. The molecule has 2 heterocycles. The second kappa shape index (κ2) is 8.07. The molecule has 5 rings (SSSR count). The normalized spacial score (nSPS) is 16.5. The number of carbonyl (C=O) groups excluding carboxylic acids is 1. The molecule has 1 amide bonds. The Labute approximate surface area is 184 Å². The highest BCUT2D eigenvalue weighted by atomic mass is 79.9. The van der Waals surface area contributed by atoms with Gasteiger partial charge >= 0.3 is 0 Å². The van der Waals surface area contributed by atoms with Crippen molar-refractivity contribution in [1.82, 2.24) is 14.5 Å². The van der Waals surface area contributed by atoms with E-state index >= 15 is 0 Å². The zero-order valence-electron chi connectivity index (χ0n) is 16.5. The number of hydrogen-bond acceptors (Lipinski definition) is 2. The molecule has 0 spiro atoms. The molecule has 30 heavy (non-hydrogen) atoms. The van der Waals surface area contributed by atoms with Gasteiger partial charge in [-0.1, -0.05) is 70.5 Å². The van der Waals surface area contributed by atoms with E-state index in [-0.39, 0.29) is 11.8 Å². The molecule has 0 aliphatic carbocycles. The standard InChI is InChI=1S/C25H22BrN3O/c26-21-12-10-19(11-13-21)16-29-23-9-5-4-8-22(23)27-25(29)20-14-24(30)28(17-20)15-18-6-2-1-3-7-18/h1-13,20H,14-17H2/t20-/m0/s1. The lowest BCUT2D eigenvalue weighted by Gasteiger charge is -2.17. The molecule has 0 radical (unpaired) electrons. The summed E-state index contributed by atoms with van der Waals surface area (Å²) in [5.74, 6) is 1.30. The Morgan fingerprint density at radius 1 is 0.867 bits per heavy atom. The maximum Gasteiger partial charge on any atom is 0.223 e. The number of nitrogens with zero attached hydrogens (tertiary/aromatic N) is 3. The zero-order valence-corrected chi connectivity index (χ0v) is 18.1. The minimum Gasteiger partial charge on any atom is -0.338 e. The Hall–Kier alpha value is -2.92. The van der Waals surface area contributed by atoms with Gasteiger partial charge in [-0.2, -0.15) is 0 Å². The van der Waals surface area contributed by atoms with Crippen LogP contribution in [0.4, 0.5) is 0 Å². The largest absolute Gasteiger partial charge is 0.338 e. The molecule has 5 heteroatoms. The molecular weight excluding hydrogens is 438 g/mol. The average Bonchev–Trinajstić information content (AvgIpc) is 3.31. The Bertz CT molecular complexity index is 1180. The summed E-state index contributed by atoms with van der Waals surface area (Å²) in [5.41, 5.74) is 4.48. The monoisotopic (exact) mass is 459 g/mol. The molecule has 1 atom stereocenters. The van der Waals surface area contributed by atoms with Crippen molar-refractivity contribution < 1.29 is 4.79 Å². The predicted molar refractivity (Wildman–Crippen MR) is 122 cm³/mol. The van der Waals surface area contributed by atoms with Gasteiger partial charge in [0, 0.05) is 36.4 Å². The molecule has 150 valence electrons. The quantitative estimate of drug-likeness (QED) is 0.402. The van der Waals surface area contributed by atoms with E-state index in [1.165, 1.54) is 5.56 Å². The minimum atomic E-state index is 0.101. The second-order valence-electron chi connectivity index (χ2n) is 7.83. The number of amides is 1. The Morgan fingerprint density at radius 2 is 1.57 bits per heavy atom. The number of rotatable bonds is 5. The molecule has 0 N–H and O–H groups in total. The molecule has 1 aromatic heterocycles. The fourth-order valence-corrected chi connectivity index (χ4v) is 4.51. The summed E-state index contributed by atoms with van der Waals surface area (Å²) in [7, 11) is 0. The molecule has 4 aromatic rings. The summed E-state index contributed by atoms with van der Waals surface area (Å²) in [4.78, 5) is 19.7. The fraction of sp³-hybridized carbons (Fsp3) is 0.200. The third-order valence-corrected chi connectivity index (χ3v) is 6.26. The van der Waals surface area contributed by atoms with Crippen LogP contribution in [0.5, 0.6) is 0 Å². The van der Waals surface area contributed by atoms with Crippen LogP contribution >= 0.6 is 15.9 Å². The lowest BCUT2D eigenvalue weighted by Crippen LogP contribution is -2.24. The highest BCUT2D eigenvalue weighted by molar-refractivity contribution is 9.10. The smallest absolute Gasteiger partial charge is 0.223 e. The van der Waals surface area contributed by atoms with Gasteiger partial charge in [0.1, 0.15) is 5.82 Å². The maximum atomic E-state index is 12.8. The first-order chi connectivity index (χ1) is 14.7. The molecule has 3 aromatic carbocycles. The van der Waals surface area contributed by atoms with E-state index < -0.39 is 0 Å². The number of carbonyl (C=O) groups is 1. The van der Waals surface area contributed by atoms with Crippen molar-refractivity contribution in [2.75, 3.05) is 6.54 Å². The second-order valence-corrected chi connectivity index (χ2v) is 8.75. The topological polar surface area (TPSA) is 38.1 Å². The molecular formula is C25H22BrN3O. The van der Waals surface area contributed by atoms with Gasteiger partial charge in [-0.15, -0.1) is 0 Å². The highest BCUT2D eigenvalue weighted by Gasteiger charge is 2.34. The first kappa shape index (κ1) is 19.1. The summed E-state index contributed by atoms with van der Waals surface area (Å²) < 4.78 is 3.35. The van der Waals surface area contributed by atoms with Crippen molar-refractivity contribution in [3.8, 4) is 0 Å². The number of likely N-dealkylation sites (tertiary alicyclic amines) is 1. The molecule has 1 fully saturated rings. The number of fused-ring (bicyclic) bond motifs is 1. The van der Waals surface area contributed by atoms with Crippen LogP contribution in [0, 0.1) is 0 Å². The predicted octanol–water partition coefficient (Wildman–Crippen LogP) is 5.36. The van der Waals surface area contributed by atoms with E-state index in [1.54, 1.807) is 0 Å². The van der Waals surface area contributed by atoms with E-state index in [4.69, 9.17) is 4.98 Å². The van der Waals surface area contributed by atoms with Crippen LogP contribution in [0.1, 0.15) is 29.3 Å². The average molecular weight is 460 g/mol. The van der Waals surface area contributed by atoms with E-state index in [1.807, 2.05) is 35.2 Å². The van der Waals surface area contributed by atoms with Crippen LogP contribution < -0.4 is 0 Å². The Balaban J connectivity index is 1.46. The number of hydrogen-bond donors (Lipinski definition) is 0. The third-order valence-electron chi connectivity index (χ3n) is 5.73. The van der Waals surface area contributed by atoms with Crippen molar-refractivity contribution in [1.29, 1.82) is 0 Å². The summed E-state index contributed by atoms with van der Waals surface area (Å²) in [5, 5.41) is 0. The van der Waals surface area contributed by atoms with E-state index in [2.05, 4.69) is 69.0 Å². The summed E-state index contributed by atoms with van der Waals surface area (Å²) in [6.45, 7) is 2.10. The van der Waals surface area contributed by atoms with Crippen LogP contribution in [0.3, 0.4) is 0 Å².